The molecule has 0 fully saturated rings. The van der Waals surface area contributed by atoms with Crippen molar-refractivity contribution in [2.24, 2.45) is 0 Å². The molecular formula is C30H22. The first kappa shape index (κ1) is 17.2. The molecule has 1 aliphatic carbocycles. The van der Waals surface area contributed by atoms with Crippen LogP contribution < -0.4 is 0 Å². The van der Waals surface area contributed by atoms with E-state index in [0.717, 1.165) is 0 Å². The summed E-state index contributed by atoms with van der Waals surface area (Å²) in [6.45, 7) is 2.20. The third-order valence-electron chi connectivity index (χ3n) is 6.60. The lowest BCUT2D eigenvalue weighted by atomic mass is 9.66. The van der Waals surface area contributed by atoms with Gasteiger partial charge in [-0.25, -0.2) is 0 Å². The highest BCUT2D eigenvalue weighted by Gasteiger charge is 2.46. The van der Waals surface area contributed by atoms with Crippen LogP contribution in [0.3, 0.4) is 0 Å². The van der Waals surface area contributed by atoms with Crippen LogP contribution in [0, 0.1) is 6.92 Å². The van der Waals surface area contributed by atoms with E-state index in [2.05, 4.69) is 122 Å². The molecule has 0 heteroatoms. The second kappa shape index (κ2) is 6.43. The fourth-order valence-corrected chi connectivity index (χ4v) is 5.39. The van der Waals surface area contributed by atoms with E-state index in [-0.39, 0.29) is 5.41 Å². The van der Waals surface area contributed by atoms with Gasteiger partial charge in [-0.05, 0) is 51.1 Å². The van der Waals surface area contributed by atoms with E-state index >= 15 is 0 Å². The maximum atomic E-state index is 2.39. The Labute approximate surface area is 177 Å². The average Bonchev–Trinajstić information content (AvgIpc) is 3.09. The van der Waals surface area contributed by atoms with Crippen molar-refractivity contribution in [2.75, 3.05) is 0 Å². The second-order valence-electron chi connectivity index (χ2n) is 8.24. The third-order valence-corrected chi connectivity index (χ3v) is 6.60. The second-order valence-corrected chi connectivity index (χ2v) is 8.24. The lowest BCUT2D eigenvalue weighted by Gasteiger charge is -2.35. The first-order chi connectivity index (χ1) is 14.8. The Balaban J connectivity index is 1.86. The van der Waals surface area contributed by atoms with Gasteiger partial charge < -0.3 is 0 Å². The van der Waals surface area contributed by atoms with Crippen molar-refractivity contribution in [3.8, 4) is 11.1 Å². The summed E-state index contributed by atoms with van der Waals surface area (Å²) in [4.78, 5) is 0. The molecule has 0 radical (unpaired) electrons. The van der Waals surface area contributed by atoms with Crippen LogP contribution in [0.25, 0.3) is 21.9 Å². The molecule has 0 bridgehead atoms. The van der Waals surface area contributed by atoms with Crippen molar-refractivity contribution in [3.63, 3.8) is 0 Å². The maximum absolute atomic E-state index is 2.39. The summed E-state index contributed by atoms with van der Waals surface area (Å²) in [5, 5.41) is 2.59. The largest absolute Gasteiger partial charge is 0.0719 e. The first-order valence-corrected chi connectivity index (χ1v) is 10.5. The molecule has 0 N–H and O–H groups in total. The molecular weight excluding hydrogens is 360 g/mol. The highest BCUT2D eigenvalue weighted by atomic mass is 14.5. The van der Waals surface area contributed by atoms with Gasteiger partial charge in [-0.15, -0.1) is 0 Å². The predicted molar refractivity (Wildman–Crippen MR) is 126 cm³/mol. The molecule has 1 atom stereocenters. The lowest BCUT2D eigenvalue weighted by Crippen LogP contribution is -2.29. The Morgan fingerprint density at radius 1 is 0.500 bits per heavy atom. The summed E-state index contributed by atoms with van der Waals surface area (Å²) in [6.07, 6.45) is 0. The molecule has 0 amide bonds. The summed E-state index contributed by atoms with van der Waals surface area (Å²) in [7, 11) is 0. The number of aryl methyl sites for hydroxylation is 1. The van der Waals surface area contributed by atoms with E-state index in [0.29, 0.717) is 0 Å². The van der Waals surface area contributed by atoms with Crippen LogP contribution in [0.5, 0.6) is 0 Å². The zero-order valence-electron chi connectivity index (χ0n) is 17.0. The SMILES string of the molecule is Cc1ccc2c(c1)C(c1ccccc1)(c1cccc3ccccc13)c1ccccc1-2. The Kier molecular flexibility index (Phi) is 3.70. The summed E-state index contributed by atoms with van der Waals surface area (Å²) < 4.78 is 0. The smallest absolute Gasteiger partial charge is 0.0622 e. The van der Waals surface area contributed by atoms with Crippen molar-refractivity contribution in [1.29, 1.82) is 0 Å². The lowest BCUT2D eigenvalue weighted by molar-refractivity contribution is 0.775. The van der Waals surface area contributed by atoms with E-state index in [4.69, 9.17) is 0 Å². The predicted octanol–water partition coefficient (Wildman–Crippen LogP) is 7.51. The minimum atomic E-state index is -0.333. The van der Waals surface area contributed by atoms with E-state index in [1.54, 1.807) is 0 Å². The van der Waals surface area contributed by atoms with Gasteiger partial charge in [-0.2, -0.15) is 0 Å². The van der Waals surface area contributed by atoms with Crippen molar-refractivity contribution in [3.05, 3.63) is 143 Å². The standard InChI is InChI=1S/C30H22/c1-21-18-19-26-25-15-7-8-16-28(25)30(29(26)20-21,23-12-3-2-4-13-23)27-17-9-11-22-10-5-6-14-24(22)27/h2-20H,1H3. The van der Waals surface area contributed by atoms with Gasteiger partial charge in [0.05, 0.1) is 5.41 Å². The normalized spacial score (nSPS) is 17.0. The minimum absolute atomic E-state index is 0.333. The van der Waals surface area contributed by atoms with Crippen molar-refractivity contribution in [1.82, 2.24) is 0 Å². The zero-order chi connectivity index (χ0) is 20.1. The van der Waals surface area contributed by atoms with E-state index in [9.17, 15) is 0 Å². The maximum Gasteiger partial charge on any atom is 0.0719 e. The fraction of sp³-hybridized carbons (Fsp3) is 0.0667. The molecule has 30 heavy (non-hydrogen) atoms. The quantitative estimate of drug-likeness (QED) is 0.291. The van der Waals surface area contributed by atoms with Crippen LogP contribution in [0.1, 0.15) is 27.8 Å². The molecule has 0 nitrogen and oxygen atoms in total. The summed E-state index contributed by atoms with van der Waals surface area (Å²) in [6, 6.07) is 42.4. The van der Waals surface area contributed by atoms with Crippen molar-refractivity contribution >= 4 is 10.8 Å². The first-order valence-electron chi connectivity index (χ1n) is 10.5. The molecule has 5 aromatic rings. The molecule has 0 aromatic heterocycles. The van der Waals surface area contributed by atoms with Gasteiger partial charge in [0, 0.05) is 0 Å². The number of rotatable bonds is 2. The molecule has 1 unspecified atom stereocenters. The summed E-state index contributed by atoms with van der Waals surface area (Å²) in [5.74, 6) is 0. The molecule has 6 rings (SSSR count). The van der Waals surface area contributed by atoms with Crippen LogP contribution in [0.15, 0.2) is 115 Å². The molecule has 0 saturated carbocycles. The Morgan fingerprint density at radius 3 is 2.07 bits per heavy atom. The molecule has 0 saturated heterocycles. The van der Waals surface area contributed by atoms with Crippen LogP contribution in [-0.2, 0) is 5.41 Å². The highest BCUT2D eigenvalue weighted by molar-refractivity contribution is 5.94. The fourth-order valence-electron chi connectivity index (χ4n) is 5.39. The topological polar surface area (TPSA) is 0 Å². The number of hydrogen-bond donors (Lipinski definition) is 0. The number of fused-ring (bicyclic) bond motifs is 4. The molecule has 142 valence electrons. The van der Waals surface area contributed by atoms with E-state index < -0.39 is 0 Å². The third kappa shape index (κ3) is 2.22. The number of hydrogen-bond acceptors (Lipinski definition) is 0. The van der Waals surface area contributed by atoms with E-state index in [1.165, 1.54) is 49.7 Å². The molecule has 0 aliphatic heterocycles. The van der Waals surface area contributed by atoms with Gasteiger partial charge in [0.15, 0.2) is 0 Å². The number of benzene rings is 5. The minimum Gasteiger partial charge on any atom is -0.0622 e. The Bertz CT molecular complexity index is 1390. The monoisotopic (exact) mass is 382 g/mol. The van der Waals surface area contributed by atoms with Crippen LogP contribution in [0.2, 0.25) is 0 Å². The van der Waals surface area contributed by atoms with Crippen molar-refractivity contribution < 1.29 is 0 Å². The molecule has 1 aliphatic rings. The van der Waals surface area contributed by atoms with Gasteiger partial charge in [-0.3, -0.25) is 0 Å². The van der Waals surface area contributed by atoms with Crippen LogP contribution in [0.4, 0.5) is 0 Å². The molecule has 5 aromatic carbocycles. The summed E-state index contributed by atoms with van der Waals surface area (Å²) in [5.41, 5.74) is 9.06. The molecule has 0 heterocycles. The summed E-state index contributed by atoms with van der Waals surface area (Å²) >= 11 is 0. The Morgan fingerprint density at radius 2 is 1.17 bits per heavy atom. The van der Waals surface area contributed by atoms with Gasteiger partial charge in [0.2, 0.25) is 0 Å². The Hall–Kier alpha value is -3.64. The average molecular weight is 383 g/mol. The van der Waals surface area contributed by atoms with Gasteiger partial charge in [0.25, 0.3) is 0 Å². The van der Waals surface area contributed by atoms with Gasteiger partial charge in [-0.1, -0.05) is 121 Å². The van der Waals surface area contributed by atoms with Crippen LogP contribution in [-0.4, -0.2) is 0 Å². The zero-order valence-corrected chi connectivity index (χ0v) is 17.0. The molecule has 0 spiro atoms. The highest BCUT2D eigenvalue weighted by Crippen LogP contribution is 2.57. The van der Waals surface area contributed by atoms with Crippen LogP contribution >= 0.6 is 0 Å². The van der Waals surface area contributed by atoms with Crippen molar-refractivity contribution in [2.45, 2.75) is 12.3 Å². The van der Waals surface area contributed by atoms with E-state index in [1.807, 2.05) is 0 Å². The van der Waals surface area contributed by atoms with Gasteiger partial charge in [0.1, 0.15) is 0 Å². The van der Waals surface area contributed by atoms with Gasteiger partial charge >= 0.3 is 0 Å².